The highest BCUT2D eigenvalue weighted by Gasteiger charge is 2.16. The highest BCUT2D eigenvalue weighted by Crippen LogP contribution is 2.27. The predicted octanol–water partition coefficient (Wildman–Crippen LogP) is 4.58. The van der Waals surface area contributed by atoms with Crippen molar-refractivity contribution in [2.45, 2.75) is 57.8 Å². The van der Waals surface area contributed by atoms with Crippen molar-refractivity contribution in [3.05, 3.63) is 29.8 Å². The van der Waals surface area contributed by atoms with Gasteiger partial charge in [0.05, 0.1) is 6.61 Å². The molecule has 0 spiro atoms. The second kappa shape index (κ2) is 8.57. The Balaban J connectivity index is 1.50. The van der Waals surface area contributed by atoms with E-state index in [1.54, 1.807) is 0 Å². The van der Waals surface area contributed by atoms with Crippen LogP contribution in [0.1, 0.15) is 56.9 Å². The Morgan fingerprint density at radius 1 is 0.909 bits per heavy atom. The number of hydrogen-bond donors (Lipinski definition) is 1. The van der Waals surface area contributed by atoms with Crippen LogP contribution in [-0.2, 0) is 6.42 Å². The van der Waals surface area contributed by atoms with Crippen LogP contribution in [0.5, 0.6) is 5.75 Å². The molecule has 1 saturated heterocycles. The van der Waals surface area contributed by atoms with Gasteiger partial charge in [0.15, 0.2) is 0 Å². The Morgan fingerprint density at radius 3 is 2.50 bits per heavy atom. The normalized spacial score (nSPS) is 20.9. The molecule has 1 aliphatic carbocycles. The summed E-state index contributed by atoms with van der Waals surface area (Å²) in [5, 5.41) is 3.46. The summed E-state index contributed by atoms with van der Waals surface area (Å²) in [6.07, 6.45) is 12.1. The number of rotatable bonds is 6. The van der Waals surface area contributed by atoms with Crippen molar-refractivity contribution in [2.75, 3.05) is 19.7 Å². The maximum absolute atomic E-state index is 6.20. The number of hydrogen-bond acceptors (Lipinski definition) is 2. The van der Waals surface area contributed by atoms with E-state index in [9.17, 15) is 0 Å². The number of aryl methyl sites for hydroxylation is 1. The second-order valence-corrected chi connectivity index (χ2v) is 7.15. The molecule has 1 heterocycles. The van der Waals surface area contributed by atoms with Crippen LogP contribution in [0, 0.1) is 11.8 Å². The fourth-order valence-corrected chi connectivity index (χ4v) is 3.94. The van der Waals surface area contributed by atoms with Crippen molar-refractivity contribution in [1.82, 2.24) is 5.32 Å². The maximum atomic E-state index is 6.20. The van der Waals surface area contributed by atoms with Crippen LogP contribution in [0.3, 0.4) is 0 Å². The quantitative estimate of drug-likeness (QED) is 0.830. The number of piperidine rings is 1. The zero-order valence-electron chi connectivity index (χ0n) is 13.9. The third kappa shape index (κ3) is 4.74. The first-order valence-corrected chi connectivity index (χ1v) is 9.33. The molecular weight excluding hydrogens is 270 g/mol. The second-order valence-electron chi connectivity index (χ2n) is 7.15. The van der Waals surface area contributed by atoms with E-state index in [2.05, 4.69) is 29.6 Å². The summed E-state index contributed by atoms with van der Waals surface area (Å²) >= 11 is 0. The molecule has 1 aliphatic heterocycles. The molecule has 1 saturated carbocycles. The average Bonchev–Trinajstić information content (AvgIpc) is 2.61. The van der Waals surface area contributed by atoms with Gasteiger partial charge in [-0.15, -0.1) is 0 Å². The fraction of sp³-hybridized carbons (Fsp3) is 0.700. The van der Waals surface area contributed by atoms with Gasteiger partial charge in [-0.1, -0.05) is 37.5 Å². The van der Waals surface area contributed by atoms with Crippen LogP contribution in [0.25, 0.3) is 0 Å². The first-order chi connectivity index (χ1) is 10.9. The molecule has 0 atom stereocenters. The lowest BCUT2D eigenvalue weighted by Gasteiger charge is -2.24. The minimum absolute atomic E-state index is 0.784. The standard InChI is InChI=1S/C20H31NO/c1-2-6-18(7-3-1)16-22-20-9-5-4-8-19(20)11-10-17-12-14-21-15-13-17/h4-5,8-9,17-18,21H,1-3,6-7,10-16H2. The van der Waals surface area contributed by atoms with Gasteiger partial charge in [0.25, 0.3) is 0 Å². The lowest BCUT2D eigenvalue weighted by atomic mass is 9.90. The van der Waals surface area contributed by atoms with E-state index in [4.69, 9.17) is 4.74 Å². The SMILES string of the molecule is c1ccc(OCC2CCCCC2)c(CCC2CCNCC2)c1. The third-order valence-electron chi connectivity index (χ3n) is 5.45. The van der Waals surface area contributed by atoms with Crippen LogP contribution < -0.4 is 10.1 Å². The molecule has 3 rings (SSSR count). The zero-order valence-corrected chi connectivity index (χ0v) is 13.9. The molecule has 0 amide bonds. The van der Waals surface area contributed by atoms with Crippen molar-refractivity contribution in [2.24, 2.45) is 11.8 Å². The number of benzene rings is 1. The molecule has 2 nitrogen and oxygen atoms in total. The van der Waals surface area contributed by atoms with E-state index < -0.39 is 0 Å². The molecule has 122 valence electrons. The van der Waals surface area contributed by atoms with Crippen molar-refractivity contribution in [1.29, 1.82) is 0 Å². The number of ether oxygens (including phenoxy) is 1. The van der Waals surface area contributed by atoms with Crippen LogP contribution >= 0.6 is 0 Å². The van der Waals surface area contributed by atoms with Crippen LogP contribution in [0.4, 0.5) is 0 Å². The van der Waals surface area contributed by atoms with Crippen molar-refractivity contribution in [3.8, 4) is 5.75 Å². The Labute approximate surface area is 135 Å². The topological polar surface area (TPSA) is 21.3 Å². The summed E-state index contributed by atoms with van der Waals surface area (Å²) in [7, 11) is 0. The molecular formula is C20H31NO. The van der Waals surface area contributed by atoms with Gasteiger partial charge >= 0.3 is 0 Å². The smallest absolute Gasteiger partial charge is 0.122 e. The lowest BCUT2D eigenvalue weighted by Crippen LogP contribution is -2.27. The highest BCUT2D eigenvalue weighted by atomic mass is 16.5. The van der Waals surface area contributed by atoms with Crippen molar-refractivity contribution >= 4 is 0 Å². The summed E-state index contributed by atoms with van der Waals surface area (Å²) in [5.41, 5.74) is 1.41. The van der Waals surface area contributed by atoms with Gasteiger partial charge in [0, 0.05) is 0 Å². The number of nitrogens with one attached hydrogen (secondary N) is 1. The molecule has 1 aromatic rings. The van der Waals surface area contributed by atoms with Crippen LogP contribution in [0.15, 0.2) is 24.3 Å². The molecule has 0 aromatic heterocycles. The minimum atomic E-state index is 0.784. The summed E-state index contributed by atoms with van der Waals surface area (Å²) in [5.74, 6) is 2.82. The summed E-state index contributed by atoms with van der Waals surface area (Å²) in [4.78, 5) is 0. The summed E-state index contributed by atoms with van der Waals surface area (Å²) in [6, 6.07) is 8.70. The van der Waals surface area contributed by atoms with Gasteiger partial charge in [0.1, 0.15) is 5.75 Å². The first kappa shape index (κ1) is 15.9. The van der Waals surface area contributed by atoms with Gasteiger partial charge in [-0.3, -0.25) is 0 Å². The van der Waals surface area contributed by atoms with E-state index in [1.807, 2.05) is 0 Å². The Kier molecular flexibility index (Phi) is 6.18. The van der Waals surface area contributed by atoms with Crippen LogP contribution in [-0.4, -0.2) is 19.7 Å². The van der Waals surface area contributed by atoms with Gasteiger partial charge in [-0.2, -0.15) is 0 Å². The summed E-state index contributed by atoms with van der Waals surface area (Å²) < 4.78 is 6.20. The van der Waals surface area contributed by atoms with E-state index >= 15 is 0 Å². The van der Waals surface area contributed by atoms with Gasteiger partial charge < -0.3 is 10.1 Å². The summed E-state index contributed by atoms with van der Waals surface area (Å²) in [6.45, 7) is 3.32. The molecule has 2 fully saturated rings. The third-order valence-corrected chi connectivity index (χ3v) is 5.45. The highest BCUT2D eigenvalue weighted by molar-refractivity contribution is 5.33. The molecule has 1 N–H and O–H groups in total. The van der Waals surface area contributed by atoms with Gasteiger partial charge in [-0.05, 0) is 75.1 Å². The zero-order chi connectivity index (χ0) is 15.0. The van der Waals surface area contributed by atoms with E-state index in [1.165, 1.54) is 76.4 Å². The molecule has 2 heteroatoms. The molecule has 2 aliphatic rings. The molecule has 0 radical (unpaired) electrons. The molecule has 0 bridgehead atoms. The van der Waals surface area contributed by atoms with E-state index in [0.717, 1.165) is 24.2 Å². The average molecular weight is 301 g/mol. The van der Waals surface area contributed by atoms with Gasteiger partial charge in [-0.25, -0.2) is 0 Å². The molecule has 22 heavy (non-hydrogen) atoms. The largest absolute Gasteiger partial charge is 0.493 e. The Hall–Kier alpha value is -1.02. The monoisotopic (exact) mass is 301 g/mol. The fourth-order valence-electron chi connectivity index (χ4n) is 3.94. The Bertz CT molecular complexity index is 392. The lowest BCUT2D eigenvalue weighted by molar-refractivity contribution is 0.207. The Morgan fingerprint density at radius 2 is 1.68 bits per heavy atom. The van der Waals surface area contributed by atoms with Gasteiger partial charge in [0.2, 0.25) is 0 Å². The molecule has 1 aromatic carbocycles. The van der Waals surface area contributed by atoms with Crippen molar-refractivity contribution in [3.63, 3.8) is 0 Å². The van der Waals surface area contributed by atoms with E-state index in [-0.39, 0.29) is 0 Å². The van der Waals surface area contributed by atoms with E-state index in [0.29, 0.717) is 0 Å². The maximum Gasteiger partial charge on any atom is 0.122 e. The predicted molar refractivity (Wildman–Crippen MR) is 92.4 cm³/mol. The first-order valence-electron chi connectivity index (χ1n) is 9.33. The molecule has 0 unspecified atom stereocenters. The van der Waals surface area contributed by atoms with Crippen molar-refractivity contribution < 1.29 is 4.74 Å². The minimum Gasteiger partial charge on any atom is -0.493 e. The van der Waals surface area contributed by atoms with Crippen LogP contribution in [0.2, 0.25) is 0 Å². The number of para-hydroxylation sites is 1.